The number of rotatable bonds is 8. The van der Waals surface area contributed by atoms with Crippen LogP contribution in [0.15, 0.2) is 22.8 Å². The van der Waals surface area contributed by atoms with Crippen molar-refractivity contribution in [3.63, 3.8) is 0 Å². The van der Waals surface area contributed by atoms with Crippen LogP contribution >= 0.6 is 0 Å². The van der Waals surface area contributed by atoms with Crippen LogP contribution < -0.4 is 5.32 Å². The highest BCUT2D eigenvalue weighted by molar-refractivity contribution is 6.02. The van der Waals surface area contributed by atoms with Crippen LogP contribution in [0.2, 0.25) is 0 Å². The molecule has 0 aliphatic heterocycles. The molecule has 140 valence electrons. The van der Waals surface area contributed by atoms with E-state index in [0.29, 0.717) is 34.8 Å². The molecule has 0 fully saturated rings. The molecular formula is C18H23N3O5. The van der Waals surface area contributed by atoms with Gasteiger partial charge < -0.3 is 19.5 Å². The fourth-order valence-electron chi connectivity index (χ4n) is 2.72. The van der Waals surface area contributed by atoms with Crippen molar-refractivity contribution in [3.8, 4) is 0 Å². The van der Waals surface area contributed by atoms with Crippen molar-refractivity contribution in [3.05, 3.63) is 46.7 Å². The molecular weight excluding hydrogens is 338 g/mol. The van der Waals surface area contributed by atoms with Gasteiger partial charge in [0.05, 0.1) is 44.3 Å². The minimum atomic E-state index is -0.485. The zero-order valence-electron chi connectivity index (χ0n) is 15.3. The Balaban J connectivity index is 1.92. The average molecular weight is 361 g/mol. The van der Waals surface area contributed by atoms with Gasteiger partial charge in [0.15, 0.2) is 5.78 Å². The molecule has 0 aliphatic carbocycles. The number of Topliss-reactive ketones (excluding diaryl/α,β-unsaturated/α-hetero) is 1. The van der Waals surface area contributed by atoms with Gasteiger partial charge in [0.25, 0.3) is 0 Å². The Kier molecular flexibility index (Phi) is 6.35. The lowest BCUT2D eigenvalue weighted by Gasteiger charge is -2.15. The van der Waals surface area contributed by atoms with Crippen LogP contribution in [0, 0.1) is 13.8 Å². The van der Waals surface area contributed by atoms with Gasteiger partial charge in [-0.3, -0.25) is 14.5 Å². The number of aryl methyl sites for hydroxylation is 1. The topological polar surface area (TPSA) is 105 Å². The number of esters is 1. The fourth-order valence-corrected chi connectivity index (χ4v) is 2.72. The van der Waals surface area contributed by atoms with E-state index in [0.717, 1.165) is 0 Å². The molecule has 0 aromatic carbocycles. The summed E-state index contributed by atoms with van der Waals surface area (Å²) in [5.41, 5.74) is 1.85. The molecule has 0 radical (unpaired) electrons. The number of hydrogen-bond acceptors (Lipinski definition) is 6. The largest absolute Gasteiger partial charge is 0.467 e. The highest BCUT2D eigenvalue weighted by atomic mass is 16.5. The van der Waals surface area contributed by atoms with Gasteiger partial charge >= 0.3 is 5.97 Å². The summed E-state index contributed by atoms with van der Waals surface area (Å²) in [6.45, 7) is 3.80. The first-order valence-electron chi connectivity index (χ1n) is 8.11. The first kappa shape index (κ1) is 19.5. The Morgan fingerprint density at radius 3 is 2.62 bits per heavy atom. The second-order valence-electron chi connectivity index (χ2n) is 6.07. The van der Waals surface area contributed by atoms with Crippen LogP contribution in [0.25, 0.3) is 0 Å². The van der Waals surface area contributed by atoms with Crippen LogP contribution in [-0.2, 0) is 16.1 Å². The summed E-state index contributed by atoms with van der Waals surface area (Å²) in [6, 6.07) is 3.51. The molecule has 1 amide bonds. The molecule has 2 aromatic rings. The lowest BCUT2D eigenvalue weighted by molar-refractivity contribution is -0.122. The molecule has 2 aromatic heterocycles. The monoisotopic (exact) mass is 361 g/mol. The van der Waals surface area contributed by atoms with Crippen LogP contribution in [0.4, 0.5) is 0 Å². The van der Waals surface area contributed by atoms with Crippen molar-refractivity contribution in [2.24, 2.45) is 0 Å². The Morgan fingerprint density at radius 1 is 1.27 bits per heavy atom. The lowest BCUT2D eigenvalue weighted by Crippen LogP contribution is -2.37. The van der Waals surface area contributed by atoms with Crippen LogP contribution in [0.1, 0.15) is 37.9 Å². The normalized spacial score (nSPS) is 10.8. The van der Waals surface area contributed by atoms with Gasteiger partial charge in [-0.15, -0.1) is 0 Å². The number of carbonyl (C=O) groups excluding carboxylic acids is 3. The SMILES string of the molecule is COC(=O)c1c(C)[nH]c(C(=O)CN(C)CC(=O)NCc2ccco2)c1C. The van der Waals surface area contributed by atoms with Crippen molar-refractivity contribution in [1.29, 1.82) is 0 Å². The van der Waals surface area contributed by atoms with Gasteiger partial charge in [0.1, 0.15) is 5.76 Å². The van der Waals surface area contributed by atoms with Crippen LogP contribution in [0.3, 0.4) is 0 Å². The maximum atomic E-state index is 12.5. The summed E-state index contributed by atoms with van der Waals surface area (Å²) < 4.78 is 9.88. The zero-order chi connectivity index (χ0) is 19.3. The fraction of sp³-hybridized carbons (Fsp3) is 0.389. The number of H-pyrrole nitrogens is 1. The van der Waals surface area contributed by atoms with Crippen molar-refractivity contribution in [2.45, 2.75) is 20.4 Å². The first-order chi connectivity index (χ1) is 12.3. The Bertz CT molecular complexity index is 792. The molecule has 8 nitrogen and oxygen atoms in total. The summed E-state index contributed by atoms with van der Waals surface area (Å²) in [5.74, 6) is -0.251. The molecule has 0 unspecified atom stereocenters. The molecule has 0 bridgehead atoms. The lowest BCUT2D eigenvalue weighted by atomic mass is 10.1. The number of nitrogens with one attached hydrogen (secondary N) is 2. The molecule has 0 saturated carbocycles. The number of furan rings is 1. The highest BCUT2D eigenvalue weighted by Gasteiger charge is 2.23. The predicted octanol–water partition coefficient (Wildman–Crippen LogP) is 1.44. The Morgan fingerprint density at radius 2 is 2.00 bits per heavy atom. The van der Waals surface area contributed by atoms with E-state index in [-0.39, 0.29) is 24.8 Å². The summed E-state index contributed by atoms with van der Waals surface area (Å²) in [5, 5.41) is 2.72. The van der Waals surface area contributed by atoms with Crippen LogP contribution in [-0.4, -0.2) is 54.8 Å². The van der Waals surface area contributed by atoms with Crippen LogP contribution in [0.5, 0.6) is 0 Å². The number of ether oxygens (including phenoxy) is 1. The van der Waals surface area contributed by atoms with E-state index in [1.165, 1.54) is 13.4 Å². The van der Waals surface area contributed by atoms with Gasteiger partial charge in [0, 0.05) is 5.69 Å². The number of amides is 1. The molecule has 2 rings (SSSR count). The summed E-state index contributed by atoms with van der Waals surface area (Å²) in [4.78, 5) is 40.8. The second kappa shape index (κ2) is 8.48. The van der Waals surface area contributed by atoms with E-state index < -0.39 is 5.97 Å². The Labute approximate surface area is 151 Å². The zero-order valence-corrected chi connectivity index (χ0v) is 15.3. The quantitative estimate of drug-likeness (QED) is 0.545. The van der Waals surface area contributed by atoms with Gasteiger partial charge in [-0.05, 0) is 38.6 Å². The maximum Gasteiger partial charge on any atom is 0.339 e. The average Bonchev–Trinajstić information content (AvgIpc) is 3.20. The third-order valence-corrected chi connectivity index (χ3v) is 3.97. The number of ketones is 1. The molecule has 0 saturated heterocycles. The summed E-state index contributed by atoms with van der Waals surface area (Å²) in [6.07, 6.45) is 1.54. The predicted molar refractivity (Wildman–Crippen MR) is 94.0 cm³/mol. The molecule has 2 heterocycles. The van der Waals surface area contributed by atoms with Crippen molar-refractivity contribution >= 4 is 17.7 Å². The van der Waals surface area contributed by atoms with E-state index in [9.17, 15) is 14.4 Å². The molecule has 26 heavy (non-hydrogen) atoms. The number of nitrogens with zero attached hydrogens (tertiary/aromatic N) is 1. The van der Waals surface area contributed by atoms with Gasteiger partial charge in [0.2, 0.25) is 5.91 Å². The first-order valence-corrected chi connectivity index (χ1v) is 8.11. The molecule has 0 atom stereocenters. The van der Waals surface area contributed by atoms with E-state index in [1.807, 2.05) is 0 Å². The number of methoxy groups -OCH3 is 1. The smallest absolute Gasteiger partial charge is 0.339 e. The van der Waals surface area contributed by atoms with Crippen molar-refractivity contribution in [2.75, 3.05) is 27.2 Å². The van der Waals surface area contributed by atoms with E-state index >= 15 is 0 Å². The number of aromatic nitrogens is 1. The van der Waals surface area contributed by atoms with Crippen molar-refractivity contribution in [1.82, 2.24) is 15.2 Å². The van der Waals surface area contributed by atoms with Gasteiger partial charge in [-0.25, -0.2) is 4.79 Å². The summed E-state index contributed by atoms with van der Waals surface area (Å²) >= 11 is 0. The van der Waals surface area contributed by atoms with Gasteiger partial charge in [-0.2, -0.15) is 0 Å². The molecule has 0 aliphatic rings. The van der Waals surface area contributed by atoms with E-state index in [4.69, 9.17) is 9.15 Å². The van der Waals surface area contributed by atoms with E-state index in [1.54, 1.807) is 37.9 Å². The number of carbonyl (C=O) groups is 3. The third kappa shape index (κ3) is 4.60. The highest BCUT2D eigenvalue weighted by Crippen LogP contribution is 2.19. The number of aromatic amines is 1. The third-order valence-electron chi connectivity index (χ3n) is 3.97. The second-order valence-corrected chi connectivity index (χ2v) is 6.07. The number of likely N-dealkylation sites (N-methyl/N-ethyl adjacent to an activating group) is 1. The molecule has 0 spiro atoms. The van der Waals surface area contributed by atoms with Crippen molar-refractivity contribution < 1.29 is 23.5 Å². The van der Waals surface area contributed by atoms with E-state index in [2.05, 4.69) is 10.3 Å². The standard InChI is InChI=1S/C18H23N3O5/c1-11-16(18(24)25-4)12(2)20-17(11)14(22)9-21(3)10-15(23)19-8-13-6-5-7-26-13/h5-7,20H,8-10H2,1-4H3,(H,19,23). The summed E-state index contributed by atoms with van der Waals surface area (Å²) in [7, 11) is 2.97. The minimum absolute atomic E-state index is 0.0373. The Hall–Kier alpha value is -2.87. The van der Waals surface area contributed by atoms with Gasteiger partial charge in [-0.1, -0.05) is 0 Å². The maximum absolute atomic E-state index is 12.5. The molecule has 8 heteroatoms. The number of hydrogen-bond donors (Lipinski definition) is 2. The minimum Gasteiger partial charge on any atom is -0.467 e. The molecule has 2 N–H and O–H groups in total.